The predicted octanol–water partition coefficient (Wildman–Crippen LogP) is 3.72. The van der Waals surface area contributed by atoms with Crippen molar-refractivity contribution in [3.8, 4) is 5.75 Å². The van der Waals surface area contributed by atoms with E-state index in [1.165, 1.54) is 6.07 Å². The van der Waals surface area contributed by atoms with Crippen molar-refractivity contribution in [2.24, 2.45) is 0 Å². The Morgan fingerprint density at radius 1 is 1.05 bits per heavy atom. The zero-order valence-corrected chi connectivity index (χ0v) is 11.1. The molecule has 0 aliphatic carbocycles. The van der Waals surface area contributed by atoms with E-state index in [2.05, 4.69) is 4.98 Å². The van der Waals surface area contributed by atoms with Crippen LogP contribution < -0.4 is 4.74 Å². The molecule has 0 aliphatic rings. The highest BCUT2D eigenvalue weighted by atomic mass is 16.6. The number of aromatic nitrogens is 1. The van der Waals surface area contributed by atoms with Gasteiger partial charge in [-0.25, -0.2) is 0 Å². The summed E-state index contributed by atoms with van der Waals surface area (Å²) in [4.78, 5) is 14.5. The first-order chi connectivity index (χ1) is 10.2. The van der Waals surface area contributed by atoms with Crippen LogP contribution in [0.25, 0.3) is 10.9 Å². The summed E-state index contributed by atoms with van der Waals surface area (Å²) in [7, 11) is 0. The smallest absolute Gasteiger partial charge is 0.367 e. The largest absolute Gasteiger partial charge is 0.488 e. The standard InChI is InChI=1S/C16H12N2O3/c19-18(20)16-10-15(13-8-4-5-9-14(13)17-16)21-11-12-6-2-1-3-7-12/h1-10H,11H2. The maximum atomic E-state index is 11.0. The van der Waals surface area contributed by atoms with E-state index in [9.17, 15) is 10.1 Å². The molecule has 5 nitrogen and oxygen atoms in total. The molecule has 21 heavy (non-hydrogen) atoms. The van der Waals surface area contributed by atoms with Crippen molar-refractivity contribution >= 4 is 16.7 Å². The molecule has 0 N–H and O–H groups in total. The predicted molar refractivity (Wildman–Crippen MR) is 79.2 cm³/mol. The van der Waals surface area contributed by atoms with Gasteiger partial charge in [0, 0.05) is 0 Å². The second-order valence-electron chi connectivity index (χ2n) is 4.53. The molecule has 0 amide bonds. The maximum Gasteiger partial charge on any atom is 0.367 e. The minimum Gasteiger partial charge on any atom is -0.488 e. The lowest BCUT2D eigenvalue weighted by Crippen LogP contribution is -1.99. The van der Waals surface area contributed by atoms with Crippen molar-refractivity contribution in [2.75, 3.05) is 0 Å². The lowest BCUT2D eigenvalue weighted by atomic mass is 10.2. The van der Waals surface area contributed by atoms with Crippen LogP contribution in [0.4, 0.5) is 5.82 Å². The summed E-state index contributed by atoms with van der Waals surface area (Å²) in [6.07, 6.45) is 0. The third-order valence-electron chi connectivity index (χ3n) is 3.09. The number of benzene rings is 2. The minimum absolute atomic E-state index is 0.211. The van der Waals surface area contributed by atoms with Crippen LogP contribution in [-0.2, 0) is 6.61 Å². The summed E-state index contributed by atoms with van der Waals surface area (Å²) in [5.41, 5.74) is 1.55. The van der Waals surface area contributed by atoms with Crippen LogP contribution in [0, 0.1) is 10.1 Å². The minimum atomic E-state index is -0.512. The van der Waals surface area contributed by atoms with Gasteiger partial charge >= 0.3 is 5.82 Å². The average Bonchev–Trinajstić information content (AvgIpc) is 2.53. The lowest BCUT2D eigenvalue weighted by molar-refractivity contribution is -0.389. The summed E-state index contributed by atoms with van der Waals surface area (Å²) in [6.45, 7) is 0.353. The molecule has 1 heterocycles. The number of hydrogen-bond donors (Lipinski definition) is 0. The Hall–Kier alpha value is -2.95. The first-order valence-electron chi connectivity index (χ1n) is 6.45. The fourth-order valence-electron chi connectivity index (χ4n) is 2.08. The van der Waals surface area contributed by atoms with Crippen molar-refractivity contribution in [3.05, 3.63) is 76.3 Å². The van der Waals surface area contributed by atoms with Gasteiger partial charge in [-0.15, -0.1) is 0 Å². The van der Waals surface area contributed by atoms with Crippen LogP contribution in [0.3, 0.4) is 0 Å². The Balaban J connectivity index is 1.98. The van der Waals surface area contributed by atoms with Gasteiger partial charge in [0.2, 0.25) is 0 Å². The van der Waals surface area contributed by atoms with Crippen molar-refractivity contribution in [1.29, 1.82) is 0 Å². The quantitative estimate of drug-likeness (QED) is 0.539. The summed E-state index contributed by atoms with van der Waals surface area (Å²) in [5, 5.41) is 11.7. The molecule has 104 valence electrons. The van der Waals surface area contributed by atoms with Crippen molar-refractivity contribution < 1.29 is 9.66 Å². The highest BCUT2D eigenvalue weighted by molar-refractivity contribution is 5.86. The molecule has 0 radical (unpaired) electrons. The molecule has 0 saturated carbocycles. The van der Waals surface area contributed by atoms with Crippen LogP contribution in [0.2, 0.25) is 0 Å². The molecule has 1 aromatic heterocycles. The zero-order valence-electron chi connectivity index (χ0n) is 11.1. The highest BCUT2D eigenvalue weighted by Gasteiger charge is 2.15. The Bertz CT molecular complexity index is 788. The maximum absolute atomic E-state index is 11.0. The van der Waals surface area contributed by atoms with E-state index in [-0.39, 0.29) is 5.82 Å². The second kappa shape index (κ2) is 5.58. The fourth-order valence-corrected chi connectivity index (χ4v) is 2.08. The molecular formula is C16H12N2O3. The first-order valence-corrected chi connectivity index (χ1v) is 6.45. The summed E-state index contributed by atoms with van der Waals surface area (Å²) in [5.74, 6) is 0.257. The Kier molecular flexibility index (Phi) is 3.47. The van der Waals surface area contributed by atoms with E-state index in [4.69, 9.17) is 4.74 Å². The van der Waals surface area contributed by atoms with Crippen LogP contribution in [0.5, 0.6) is 5.75 Å². The van der Waals surface area contributed by atoms with Gasteiger partial charge in [0.15, 0.2) is 5.52 Å². The van der Waals surface area contributed by atoms with Gasteiger partial charge in [0.05, 0.1) is 11.5 Å². The van der Waals surface area contributed by atoms with Gasteiger partial charge < -0.3 is 14.9 Å². The van der Waals surface area contributed by atoms with Gasteiger partial charge in [-0.05, 0) is 27.6 Å². The monoisotopic (exact) mass is 280 g/mol. The number of ether oxygens (including phenoxy) is 1. The lowest BCUT2D eigenvalue weighted by Gasteiger charge is -2.08. The summed E-state index contributed by atoms with van der Waals surface area (Å²) >= 11 is 0. The molecule has 0 fully saturated rings. The van der Waals surface area contributed by atoms with Gasteiger partial charge in [-0.2, -0.15) is 0 Å². The van der Waals surface area contributed by atoms with Crippen LogP contribution in [0.15, 0.2) is 60.7 Å². The Morgan fingerprint density at radius 2 is 1.76 bits per heavy atom. The normalized spacial score (nSPS) is 10.5. The number of nitro groups is 1. The van der Waals surface area contributed by atoms with Crippen molar-refractivity contribution in [2.45, 2.75) is 6.61 Å². The van der Waals surface area contributed by atoms with E-state index >= 15 is 0 Å². The van der Waals surface area contributed by atoms with E-state index in [0.717, 1.165) is 10.9 Å². The average molecular weight is 280 g/mol. The molecule has 2 aromatic carbocycles. The molecule has 3 rings (SSSR count). The number of nitrogens with zero attached hydrogens (tertiary/aromatic N) is 2. The zero-order chi connectivity index (χ0) is 14.7. The number of pyridine rings is 1. The molecule has 0 aliphatic heterocycles. The molecule has 0 atom stereocenters. The first kappa shape index (κ1) is 13.1. The van der Waals surface area contributed by atoms with Gasteiger partial charge in [-0.1, -0.05) is 42.5 Å². The Morgan fingerprint density at radius 3 is 2.52 bits per heavy atom. The molecule has 0 saturated heterocycles. The molecule has 3 aromatic rings. The van der Waals surface area contributed by atoms with Crippen LogP contribution in [-0.4, -0.2) is 9.91 Å². The van der Waals surface area contributed by atoms with Crippen LogP contribution >= 0.6 is 0 Å². The third kappa shape index (κ3) is 2.81. The third-order valence-corrected chi connectivity index (χ3v) is 3.09. The molecule has 0 spiro atoms. The molecule has 0 unspecified atom stereocenters. The van der Waals surface area contributed by atoms with Crippen molar-refractivity contribution in [3.63, 3.8) is 0 Å². The molecular weight excluding hydrogens is 268 g/mol. The molecule has 5 heteroatoms. The van der Waals surface area contributed by atoms with Gasteiger partial charge in [-0.3, -0.25) is 0 Å². The second-order valence-corrected chi connectivity index (χ2v) is 4.53. The van der Waals surface area contributed by atoms with Crippen molar-refractivity contribution in [1.82, 2.24) is 4.98 Å². The molecule has 0 bridgehead atoms. The SMILES string of the molecule is O=[N+]([O-])c1cc(OCc2ccccc2)c2ccccc2n1. The number of fused-ring (bicyclic) bond motifs is 1. The van der Waals surface area contributed by atoms with Crippen LogP contribution in [0.1, 0.15) is 5.56 Å². The van der Waals surface area contributed by atoms with Gasteiger partial charge in [0.1, 0.15) is 12.4 Å². The van der Waals surface area contributed by atoms with E-state index in [0.29, 0.717) is 17.9 Å². The number of hydrogen-bond acceptors (Lipinski definition) is 4. The van der Waals surface area contributed by atoms with E-state index in [1.54, 1.807) is 12.1 Å². The highest BCUT2D eigenvalue weighted by Crippen LogP contribution is 2.28. The number of rotatable bonds is 4. The summed E-state index contributed by atoms with van der Waals surface area (Å²) < 4.78 is 5.75. The topological polar surface area (TPSA) is 65.3 Å². The fraction of sp³-hybridized carbons (Fsp3) is 0.0625. The number of para-hydroxylation sites is 1. The van der Waals surface area contributed by atoms with Gasteiger partial charge in [0.25, 0.3) is 0 Å². The van der Waals surface area contributed by atoms with E-state index < -0.39 is 4.92 Å². The summed E-state index contributed by atoms with van der Waals surface area (Å²) in [6, 6.07) is 18.2. The Labute approximate surface area is 121 Å². The van der Waals surface area contributed by atoms with E-state index in [1.807, 2.05) is 42.5 Å².